The monoisotopic (exact) mass is 842 g/mol. The van der Waals surface area contributed by atoms with E-state index in [1.807, 2.05) is 23.6 Å². The number of carbonyl (C=O) groups excluding carboxylic acids is 3. The third-order valence-electron chi connectivity index (χ3n) is 13.6. The Balaban J connectivity index is 1.02. The van der Waals surface area contributed by atoms with E-state index >= 15 is 0 Å². The number of alkyl carbamates (subject to hydrolysis) is 1. The summed E-state index contributed by atoms with van der Waals surface area (Å²) < 4.78 is 4.84. The normalized spacial score (nSPS) is 22.4. The first-order valence-electron chi connectivity index (χ1n) is 23.0. The molecule has 0 aliphatic carbocycles. The van der Waals surface area contributed by atoms with E-state index in [1.54, 1.807) is 0 Å². The van der Waals surface area contributed by atoms with Crippen LogP contribution in [0.2, 0.25) is 0 Å². The minimum Gasteiger partial charge on any atom is -0.453 e. The number of likely N-dealkylation sites (tertiary alicyclic amines) is 2. The molecule has 7 heterocycles. The molecule has 3 amide bonds. The summed E-state index contributed by atoms with van der Waals surface area (Å²) >= 11 is 0. The van der Waals surface area contributed by atoms with Crippen LogP contribution in [-0.4, -0.2) is 92.0 Å². The molecule has 9 rings (SSSR count). The van der Waals surface area contributed by atoms with Crippen molar-refractivity contribution in [3.63, 3.8) is 0 Å². The maximum atomic E-state index is 13.9. The van der Waals surface area contributed by atoms with E-state index in [4.69, 9.17) is 19.7 Å². The highest BCUT2D eigenvalue weighted by Crippen LogP contribution is 2.48. The number of anilines is 2. The molecule has 14 heteroatoms. The number of pyridine rings is 1. The number of hydrogen-bond donors (Lipinski definition) is 3. The maximum Gasteiger partial charge on any atom is 0.407 e. The van der Waals surface area contributed by atoms with Crippen molar-refractivity contribution in [1.29, 1.82) is 0 Å². The number of amides is 3. The topological polar surface area (TPSA) is 156 Å². The number of nitrogens with one attached hydrogen (secondary N) is 3. The molecule has 62 heavy (non-hydrogen) atoms. The smallest absolute Gasteiger partial charge is 0.407 e. The van der Waals surface area contributed by atoms with E-state index in [0.29, 0.717) is 18.9 Å². The van der Waals surface area contributed by atoms with E-state index in [0.717, 1.165) is 103 Å². The van der Waals surface area contributed by atoms with Crippen molar-refractivity contribution >= 4 is 51.5 Å². The largest absolute Gasteiger partial charge is 0.453 e. The molecule has 5 aromatic rings. The average Bonchev–Trinajstić information content (AvgIpc) is 4.13. The van der Waals surface area contributed by atoms with Gasteiger partial charge in [0.05, 0.1) is 65.2 Å². The second-order valence-electron chi connectivity index (χ2n) is 18.6. The highest BCUT2D eigenvalue weighted by molar-refractivity contribution is 5.87. The standard InChI is InChI=1S/C48H62N10O4/c1-29(2)25-43(59)56-23-9-11-40(56)45-50-34-16-13-31(26-36(34)52-45)38-18-19-39(58(38)33-15-20-42(49-28-33)55-21-7-6-8-22-55)32-14-17-35-37(27-32)53-46(51-35)41-12-10-24-57(41)47(60)44(30(3)4)54-48(61)62-5/h13-17,20,26-30,38-41,44H,6-12,18-19,21-25H2,1-5H3,(H,50,52)(H,51,53)(H,54,61)/t38-,39-,40-,41-,44-/m0/s1. The van der Waals surface area contributed by atoms with E-state index in [-0.39, 0.29) is 41.9 Å². The van der Waals surface area contributed by atoms with Gasteiger partial charge in [0.15, 0.2) is 0 Å². The summed E-state index contributed by atoms with van der Waals surface area (Å²) in [6, 6.07) is 16.8. The number of rotatable bonds is 11. The molecule has 2 aromatic carbocycles. The van der Waals surface area contributed by atoms with Gasteiger partial charge in [0.25, 0.3) is 0 Å². The third-order valence-corrected chi connectivity index (χ3v) is 13.6. The van der Waals surface area contributed by atoms with Crippen LogP contribution in [0.4, 0.5) is 16.3 Å². The van der Waals surface area contributed by atoms with E-state index < -0.39 is 12.1 Å². The Morgan fingerprint density at radius 2 is 1.32 bits per heavy atom. The lowest BCUT2D eigenvalue weighted by Gasteiger charge is -2.34. The molecule has 14 nitrogen and oxygen atoms in total. The van der Waals surface area contributed by atoms with Gasteiger partial charge in [-0.3, -0.25) is 9.59 Å². The number of carbonyl (C=O) groups is 3. The number of benzene rings is 2. The zero-order chi connectivity index (χ0) is 43.1. The Hall–Kier alpha value is -5.66. The number of methoxy groups -OCH3 is 1. The fraction of sp³-hybridized carbons (Fsp3) is 0.542. The summed E-state index contributed by atoms with van der Waals surface area (Å²) in [5, 5.41) is 2.75. The predicted octanol–water partition coefficient (Wildman–Crippen LogP) is 8.66. The molecule has 4 aliphatic heterocycles. The summed E-state index contributed by atoms with van der Waals surface area (Å²) in [5.74, 6) is 2.97. The van der Waals surface area contributed by atoms with Gasteiger partial charge >= 0.3 is 6.09 Å². The molecule has 0 radical (unpaired) electrons. The van der Waals surface area contributed by atoms with Crippen molar-refractivity contribution < 1.29 is 19.1 Å². The highest BCUT2D eigenvalue weighted by atomic mass is 16.5. The number of piperidine rings is 1. The molecule has 0 unspecified atom stereocenters. The van der Waals surface area contributed by atoms with Crippen molar-refractivity contribution in [2.45, 2.75) is 122 Å². The zero-order valence-electron chi connectivity index (χ0n) is 36.9. The second-order valence-corrected chi connectivity index (χ2v) is 18.6. The van der Waals surface area contributed by atoms with Crippen molar-refractivity contribution in [2.24, 2.45) is 11.8 Å². The van der Waals surface area contributed by atoms with Gasteiger partial charge in [0, 0.05) is 32.6 Å². The lowest BCUT2D eigenvalue weighted by Crippen LogP contribution is -2.51. The molecule has 0 spiro atoms. The van der Waals surface area contributed by atoms with Crippen LogP contribution in [0, 0.1) is 11.8 Å². The molecule has 5 atom stereocenters. The molecule has 3 aromatic heterocycles. The fourth-order valence-electron chi connectivity index (χ4n) is 10.5. The summed E-state index contributed by atoms with van der Waals surface area (Å²) in [7, 11) is 1.31. The predicted molar refractivity (Wildman–Crippen MR) is 241 cm³/mol. The summed E-state index contributed by atoms with van der Waals surface area (Å²) in [6.45, 7) is 11.5. The zero-order valence-corrected chi connectivity index (χ0v) is 36.9. The number of aromatic nitrogens is 5. The second kappa shape index (κ2) is 17.6. The number of nitrogens with zero attached hydrogens (tertiary/aromatic N) is 7. The number of aromatic amines is 2. The van der Waals surface area contributed by atoms with Gasteiger partial charge in [-0.05, 0) is 117 Å². The molecule has 328 valence electrons. The SMILES string of the molecule is COC(=O)N[C@H](C(=O)N1CCC[C@H]1c1nc2ccc([C@@H]3CC[C@@H](c4ccc5nc([C@@H]6CCCN6C(=O)CC(C)C)[nH]c5c4)N3c3ccc(N4CCCCC4)nc3)cc2[nH]1)C(C)C. The molecular formula is C48H62N10O4. The first-order valence-corrected chi connectivity index (χ1v) is 23.0. The molecule has 3 N–H and O–H groups in total. The molecule has 4 aliphatic rings. The van der Waals surface area contributed by atoms with Crippen molar-refractivity contribution in [2.75, 3.05) is 43.1 Å². The Morgan fingerprint density at radius 1 is 0.726 bits per heavy atom. The lowest BCUT2D eigenvalue weighted by atomic mass is 10.0. The third kappa shape index (κ3) is 8.20. The number of hydrogen-bond acceptors (Lipinski definition) is 9. The van der Waals surface area contributed by atoms with Crippen LogP contribution in [0.5, 0.6) is 0 Å². The Labute approximate surface area is 364 Å². The van der Waals surface area contributed by atoms with Gasteiger partial charge < -0.3 is 39.6 Å². The summed E-state index contributed by atoms with van der Waals surface area (Å²) in [6.07, 6.45) is 11.1. The minimum atomic E-state index is -0.692. The van der Waals surface area contributed by atoms with Crippen molar-refractivity contribution in [3.8, 4) is 0 Å². The lowest BCUT2D eigenvalue weighted by molar-refractivity contribution is -0.135. The van der Waals surface area contributed by atoms with Gasteiger partial charge in [-0.25, -0.2) is 19.7 Å². The van der Waals surface area contributed by atoms with Gasteiger partial charge in [-0.2, -0.15) is 0 Å². The van der Waals surface area contributed by atoms with Crippen LogP contribution in [0.25, 0.3) is 22.1 Å². The number of imidazole rings is 2. The summed E-state index contributed by atoms with van der Waals surface area (Å²) in [5.41, 5.74) is 7.20. The van der Waals surface area contributed by atoms with Crippen LogP contribution in [0.3, 0.4) is 0 Å². The Kier molecular flexibility index (Phi) is 11.8. The molecule has 4 fully saturated rings. The quantitative estimate of drug-likeness (QED) is 0.119. The number of fused-ring (bicyclic) bond motifs is 2. The van der Waals surface area contributed by atoms with Gasteiger partial charge in [0.1, 0.15) is 23.5 Å². The molecule has 0 saturated carbocycles. The van der Waals surface area contributed by atoms with E-state index in [2.05, 4.69) is 93.7 Å². The highest BCUT2D eigenvalue weighted by Gasteiger charge is 2.39. The number of ether oxygens (including phenoxy) is 1. The van der Waals surface area contributed by atoms with Crippen LogP contribution < -0.4 is 15.1 Å². The van der Waals surface area contributed by atoms with Crippen LogP contribution in [0.15, 0.2) is 54.7 Å². The van der Waals surface area contributed by atoms with Gasteiger partial charge in [0.2, 0.25) is 11.8 Å². The maximum absolute atomic E-state index is 13.9. The fourth-order valence-corrected chi connectivity index (χ4v) is 10.5. The minimum absolute atomic E-state index is 0.0235. The van der Waals surface area contributed by atoms with E-state index in [9.17, 15) is 14.4 Å². The van der Waals surface area contributed by atoms with Crippen molar-refractivity contribution in [3.05, 3.63) is 77.5 Å². The van der Waals surface area contributed by atoms with Crippen LogP contribution in [0.1, 0.15) is 139 Å². The van der Waals surface area contributed by atoms with Crippen LogP contribution in [-0.2, 0) is 14.3 Å². The molecular weight excluding hydrogens is 781 g/mol. The molecule has 0 bridgehead atoms. The van der Waals surface area contributed by atoms with Crippen LogP contribution >= 0.6 is 0 Å². The number of H-pyrrole nitrogens is 2. The Bertz CT molecular complexity index is 2400. The molecule has 4 saturated heterocycles. The van der Waals surface area contributed by atoms with Crippen molar-refractivity contribution in [1.82, 2.24) is 40.0 Å². The first-order chi connectivity index (χ1) is 30.1. The van der Waals surface area contributed by atoms with Gasteiger partial charge in [-0.1, -0.05) is 39.8 Å². The van der Waals surface area contributed by atoms with Gasteiger partial charge in [-0.15, -0.1) is 0 Å². The first kappa shape index (κ1) is 41.7. The summed E-state index contributed by atoms with van der Waals surface area (Å²) in [4.78, 5) is 70.5. The van der Waals surface area contributed by atoms with E-state index in [1.165, 1.54) is 37.5 Å². The average molecular weight is 843 g/mol. The Morgan fingerprint density at radius 3 is 1.87 bits per heavy atom.